The van der Waals surface area contributed by atoms with E-state index in [0.717, 1.165) is 22.2 Å². The maximum Gasteiger partial charge on any atom is 0.293 e. The van der Waals surface area contributed by atoms with Crippen LogP contribution in [-0.2, 0) is 6.54 Å². The first-order chi connectivity index (χ1) is 18.3. The van der Waals surface area contributed by atoms with Crippen LogP contribution in [-0.4, -0.2) is 16.0 Å². The molecule has 0 aliphatic carbocycles. The zero-order valence-corrected chi connectivity index (χ0v) is 22.9. The molecule has 2 aromatic heterocycles. The van der Waals surface area contributed by atoms with Gasteiger partial charge in [0, 0.05) is 22.7 Å². The van der Waals surface area contributed by atoms with Gasteiger partial charge in [-0.05, 0) is 83.9 Å². The van der Waals surface area contributed by atoms with Crippen molar-refractivity contribution in [2.75, 3.05) is 0 Å². The fraction of sp³-hybridized carbons (Fsp3) is 0.138. The number of thiocarbonyl (C=S) groups is 1. The third-order valence-electron chi connectivity index (χ3n) is 5.99. The molecule has 5 aromatic rings. The zero-order valence-electron chi connectivity index (χ0n) is 20.5. The molecule has 38 heavy (non-hydrogen) atoms. The summed E-state index contributed by atoms with van der Waals surface area (Å²) < 4.78 is 11.6. The van der Waals surface area contributed by atoms with Gasteiger partial charge in [0.1, 0.15) is 11.3 Å². The van der Waals surface area contributed by atoms with Gasteiger partial charge in [-0.3, -0.25) is 10.1 Å². The maximum absolute atomic E-state index is 12.6. The molecule has 192 valence electrons. The van der Waals surface area contributed by atoms with Crippen molar-refractivity contribution in [3.05, 3.63) is 99.7 Å². The highest BCUT2D eigenvalue weighted by Crippen LogP contribution is 2.31. The second-order valence-electron chi connectivity index (χ2n) is 9.02. The molecule has 0 aliphatic heterocycles. The highest BCUT2D eigenvalue weighted by atomic mass is 35.5. The molecule has 0 saturated heterocycles. The second-order valence-corrected chi connectivity index (χ2v) is 10.3. The van der Waals surface area contributed by atoms with E-state index in [2.05, 4.69) is 41.6 Å². The van der Waals surface area contributed by atoms with E-state index in [0.29, 0.717) is 39.7 Å². The number of hydrogen-bond acceptors (Lipinski definition) is 5. The number of rotatable bonds is 6. The molecule has 5 rings (SSSR count). The summed E-state index contributed by atoms with van der Waals surface area (Å²) >= 11 is 17.5. The largest absolute Gasteiger partial charge is 0.451 e. The number of nitrogens with one attached hydrogen (secondary N) is 2. The van der Waals surface area contributed by atoms with Crippen molar-refractivity contribution < 1.29 is 13.6 Å². The minimum absolute atomic E-state index is 0.110. The van der Waals surface area contributed by atoms with Crippen molar-refractivity contribution in [3.8, 4) is 22.8 Å². The first-order valence-electron chi connectivity index (χ1n) is 11.9. The average molecular weight is 564 g/mol. The Morgan fingerprint density at radius 3 is 2.50 bits per heavy atom. The number of fused-ring (bicyclic) bond motifs is 1. The van der Waals surface area contributed by atoms with Gasteiger partial charge < -0.3 is 14.2 Å². The zero-order chi connectivity index (χ0) is 26.8. The minimum atomic E-state index is -0.467. The van der Waals surface area contributed by atoms with E-state index in [1.807, 2.05) is 30.3 Å². The van der Waals surface area contributed by atoms with Gasteiger partial charge in [-0.25, -0.2) is 4.98 Å². The number of benzene rings is 3. The van der Waals surface area contributed by atoms with E-state index >= 15 is 0 Å². The average Bonchev–Trinajstić information content (AvgIpc) is 3.55. The number of halogens is 2. The van der Waals surface area contributed by atoms with Gasteiger partial charge >= 0.3 is 0 Å². The number of hydrogen-bond donors (Lipinski definition) is 2. The highest BCUT2D eigenvalue weighted by Gasteiger charge is 2.16. The highest BCUT2D eigenvalue weighted by molar-refractivity contribution is 7.80. The fourth-order valence-corrected chi connectivity index (χ4v) is 4.54. The number of aromatic nitrogens is 1. The van der Waals surface area contributed by atoms with Gasteiger partial charge in [-0.2, -0.15) is 0 Å². The second kappa shape index (κ2) is 11.0. The number of oxazole rings is 1. The Balaban J connectivity index is 1.17. The Morgan fingerprint density at radius 2 is 1.76 bits per heavy atom. The van der Waals surface area contributed by atoms with Crippen LogP contribution in [0.4, 0.5) is 0 Å². The van der Waals surface area contributed by atoms with Crippen molar-refractivity contribution in [3.63, 3.8) is 0 Å². The summed E-state index contributed by atoms with van der Waals surface area (Å²) in [6.45, 7) is 4.73. The molecular formula is C29H23Cl2N3O3S. The van der Waals surface area contributed by atoms with Crippen molar-refractivity contribution >= 4 is 57.5 Å². The number of carbonyl (C=O) groups is 1. The molecule has 0 fully saturated rings. The van der Waals surface area contributed by atoms with Crippen LogP contribution in [0.2, 0.25) is 10.0 Å². The predicted molar refractivity (Wildman–Crippen MR) is 155 cm³/mol. The van der Waals surface area contributed by atoms with Crippen LogP contribution in [0.25, 0.3) is 33.9 Å². The molecule has 1 amide bonds. The molecule has 3 aromatic carbocycles. The standard InChI is InChI=1S/C29H23Cl2N3O3S/c1-16(2)19-7-10-25-23(13-19)33-28(37-25)18-5-3-17(4-6-18)15-32-29(38)34-27(35)26-12-11-24(36-26)21-9-8-20(30)14-22(21)31/h3-14,16H,15H2,1-2H3,(H2,32,34,35,38). The Morgan fingerprint density at radius 1 is 0.974 bits per heavy atom. The lowest BCUT2D eigenvalue weighted by atomic mass is 10.0. The molecular weight excluding hydrogens is 541 g/mol. The molecule has 0 atom stereocenters. The van der Waals surface area contributed by atoms with Crippen LogP contribution in [0, 0.1) is 0 Å². The van der Waals surface area contributed by atoms with E-state index in [4.69, 9.17) is 44.3 Å². The van der Waals surface area contributed by atoms with Gasteiger partial charge in [0.25, 0.3) is 5.91 Å². The molecule has 0 saturated carbocycles. The Hall–Kier alpha value is -3.65. The first-order valence-corrected chi connectivity index (χ1v) is 13.1. The van der Waals surface area contributed by atoms with Gasteiger partial charge in [-0.1, -0.05) is 55.2 Å². The lowest BCUT2D eigenvalue weighted by Gasteiger charge is -2.09. The summed E-state index contributed by atoms with van der Waals surface area (Å²) in [7, 11) is 0. The predicted octanol–water partition coefficient (Wildman–Crippen LogP) is 7.99. The summed E-state index contributed by atoms with van der Waals surface area (Å²) in [5.74, 6) is 1.09. The van der Waals surface area contributed by atoms with Crippen LogP contribution in [0.15, 0.2) is 81.6 Å². The lowest BCUT2D eigenvalue weighted by molar-refractivity contribution is 0.0950. The van der Waals surface area contributed by atoms with Crippen molar-refractivity contribution in [2.45, 2.75) is 26.3 Å². The molecule has 0 bridgehead atoms. The molecule has 2 heterocycles. The number of carbonyl (C=O) groups excluding carboxylic acids is 1. The molecule has 0 unspecified atom stereocenters. The van der Waals surface area contributed by atoms with Crippen LogP contribution >= 0.6 is 35.4 Å². The molecule has 9 heteroatoms. The SMILES string of the molecule is CC(C)c1ccc2oc(-c3ccc(CNC(=S)NC(=O)c4ccc(-c5ccc(Cl)cc5Cl)o4)cc3)nc2c1. The van der Waals surface area contributed by atoms with Crippen LogP contribution in [0.1, 0.15) is 41.4 Å². The monoisotopic (exact) mass is 563 g/mol. The van der Waals surface area contributed by atoms with E-state index in [9.17, 15) is 4.79 Å². The molecule has 2 N–H and O–H groups in total. The van der Waals surface area contributed by atoms with E-state index in [1.54, 1.807) is 30.3 Å². The van der Waals surface area contributed by atoms with Crippen LogP contribution in [0.3, 0.4) is 0 Å². The van der Waals surface area contributed by atoms with Crippen molar-refractivity contribution in [1.82, 2.24) is 15.6 Å². The molecule has 0 aliphatic rings. The Labute approximate surface area is 235 Å². The normalized spacial score (nSPS) is 11.2. The molecule has 0 spiro atoms. The van der Waals surface area contributed by atoms with Crippen LogP contribution in [0.5, 0.6) is 0 Å². The quantitative estimate of drug-likeness (QED) is 0.204. The van der Waals surface area contributed by atoms with Gasteiger partial charge in [0.2, 0.25) is 5.89 Å². The first kappa shape index (κ1) is 26.0. The molecule has 0 radical (unpaired) electrons. The maximum atomic E-state index is 12.6. The van der Waals surface area contributed by atoms with Gasteiger partial charge in [0.15, 0.2) is 16.5 Å². The van der Waals surface area contributed by atoms with Gasteiger partial charge in [0.05, 0.1) is 5.02 Å². The van der Waals surface area contributed by atoms with E-state index in [1.165, 1.54) is 5.56 Å². The number of nitrogens with zero attached hydrogens (tertiary/aromatic N) is 1. The summed E-state index contributed by atoms with van der Waals surface area (Å²) in [4.78, 5) is 17.2. The van der Waals surface area contributed by atoms with Crippen molar-refractivity contribution in [2.24, 2.45) is 0 Å². The summed E-state index contributed by atoms with van der Waals surface area (Å²) in [6, 6.07) is 22.2. The smallest absolute Gasteiger partial charge is 0.293 e. The van der Waals surface area contributed by atoms with Crippen molar-refractivity contribution in [1.29, 1.82) is 0 Å². The summed E-state index contributed by atoms with van der Waals surface area (Å²) in [6.07, 6.45) is 0. The third-order valence-corrected chi connectivity index (χ3v) is 6.78. The Kier molecular flexibility index (Phi) is 7.51. The topological polar surface area (TPSA) is 80.3 Å². The van der Waals surface area contributed by atoms with Crippen LogP contribution < -0.4 is 10.6 Å². The Bertz CT molecular complexity index is 1640. The van der Waals surface area contributed by atoms with E-state index < -0.39 is 5.91 Å². The fourth-order valence-electron chi connectivity index (χ4n) is 3.88. The van der Waals surface area contributed by atoms with Gasteiger partial charge in [-0.15, -0.1) is 0 Å². The summed E-state index contributed by atoms with van der Waals surface area (Å²) in [5, 5.41) is 6.79. The number of furan rings is 1. The lowest BCUT2D eigenvalue weighted by Crippen LogP contribution is -2.38. The molecule has 6 nitrogen and oxygen atoms in total. The van der Waals surface area contributed by atoms with E-state index in [-0.39, 0.29) is 10.9 Å². The summed E-state index contributed by atoms with van der Waals surface area (Å²) in [5.41, 5.74) is 5.31. The minimum Gasteiger partial charge on any atom is -0.451 e. The third kappa shape index (κ3) is 5.75. The number of amides is 1.